The van der Waals surface area contributed by atoms with Gasteiger partial charge >= 0.3 is 5.69 Å². The quantitative estimate of drug-likeness (QED) is 0.556. The van der Waals surface area contributed by atoms with Crippen LogP contribution >= 0.6 is 0 Å². The summed E-state index contributed by atoms with van der Waals surface area (Å²) in [5, 5.41) is 11.3. The number of halogens is 1. The molecule has 1 aliphatic rings. The molecule has 0 spiro atoms. The number of ether oxygens (including phenoxy) is 1. The number of aromatic nitrogens is 2. The van der Waals surface area contributed by atoms with Crippen LogP contribution in [-0.4, -0.2) is 33.3 Å². The van der Waals surface area contributed by atoms with E-state index in [1.807, 2.05) is 0 Å². The Labute approximate surface area is 139 Å². The molecule has 2 rings (SSSR count). The fraction of sp³-hybridized carbons (Fsp3) is 0.562. The van der Waals surface area contributed by atoms with Gasteiger partial charge < -0.3 is 15.2 Å². The van der Waals surface area contributed by atoms with Crippen LogP contribution in [-0.2, 0) is 9.53 Å². The van der Waals surface area contributed by atoms with Gasteiger partial charge in [0.15, 0.2) is 17.9 Å². The molecule has 24 heavy (non-hydrogen) atoms. The lowest BCUT2D eigenvalue weighted by Gasteiger charge is -2.15. The summed E-state index contributed by atoms with van der Waals surface area (Å²) in [7, 11) is 0. The van der Waals surface area contributed by atoms with Crippen molar-refractivity contribution < 1.29 is 19.0 Å². The molecule has 2 atom stereocenters. The maximum absolute atomic E-state index is 14.1. The van der Waals surface area contributed by atoms with Gasteiger partial charge in [0.05, 0.1) is 12.8 Å². The van der Waals surface area contributed by atoms with Crippen LogP contribution in [0, 0.1) is 5.82 Å². The number of rotatable bonds is 8. The van der Waals surface area contributed by atoms with Crippen molar-refractivity contribution in [3.8, 4) is 0 Å². The van der Waals surface area contributed by atoms with E-state index >= 15 is 0 Å². The zero-order valence-electron chi connectivity index (χ0n) is 13.6. The van der Waals surface area contributed by atoms with Crippen molar-refractivity contribution in [2.75, 3.05) is 11.9 Å². The molecule has 1 aromatic rings. The molecular formula is C16H22FN3O4. The fourth-order valence-corrected chi connectivity index (χ4v) is 2.37. The largest absolute Gasteiger partial charge is 0.393 e. The molecule has 1 amide bonds. The van der Waals surface area contributed by atoms with E-state index < -0.39 is 23.8 Å². The Kier molecular flexibility index (Phi) is 6.62. The van der Waals surface area contributed by atoms with Crippen LogP contribution in [0.2, 0.25) is 0 Å². The van der Waals surface area contributed by atoms with Crippen LogP contribution < -0.4 is 11.0 Å². The summed E-state index contributed by atoms with van der Waals surface area (Å²) in [6.45, 7) is 1.84. The maximum Gasteiger partial charge on any atom is 0.352 e. The third-order valence-electron chi connectivity index (χ3n) is 3.68. The number of carbonyl (C=O) groups excluding carboxylic acids is 1. The van der Waals surface area contributed by atoms with Crippen molar-refractivity contribution in [3.63, 3.8) is 0 Å². The van der Waals surface area contributed by atoms with Crippen LogP contribution in [0.5, 0.6) is 0 Å². The van der Waals surface area contributed by atoms with Gasteiger partial charge in [-0.2, -0.15) is 4.98 Å². The zero-order chi connectivity index (χ0) is 17.5. The lowest BCUT2D eigenvalue weighted by molar-refractivity contribution is -0.116. The summed E-state index contributed by atoms with van der Waals surface area (Å²) in [6.07, 6.45) is 6.71. The minimum absolute atomic E-state index is 0.232. The van der Waals surface area contributed by atoms with Crippen molar-refractivity contribution in [3.05, 3.63) is 34.7 Å². The number of hydrogen-bond acceptors (Lipinski definition) is 5. The van der Waals surface area contributed by atoms with Gasteiger partial charge in [0, 0.05) is 6.42 Å². The maximum atomic E-state index is 14.1. The van der Waals surface area contributed by atoms with Crippen molar-refractivity contribution >= 4 is 11.7 Å². The lowest BCUT2D eigenvalue weighted by Crippen LogP contribution is -2.30. The Morgan fingerprint density at radius 3 is 2.88 bits per heavy atom. The highest BCUT2D eigenvalue weighted by atomic mass is 19.1. The van der Waals surface area contributed by atoms with E-state index in [4.69, 9.17) is 9.84 Å². The highest BCUT2D eigenvalue weighted by Gasteiger charge is 2.22. The van der Waals surface area contributed by atoms with Crippen molar-refractivity contribution in [2.45, 2.75) is 51.4 Å². The second-order valence-electron chi connectivity index (χ2n) is 5.62. The molecule has 0 bridgehead atoms. The first-order chi connectivity index (χ1) is 11.5. The highest BCUT2D eigenvalue weighted by Crippen LogP contribution is 2.20. The van der Waals surface area contributed by atoms with Gasteiger partial charge in [-0.25, -0.2) is 9.18 Å². The first kappa shape index (κ1) is 18.3. The standard InChI is InChI=1S/C16H22FN3O4/c1-2-3-4-5-6-13(22)18-15-12(17)9-20(16(23)19-15)14-8-7-11(10-21)24-14/h7-9,11,14,21H,2-6,10H2,1H3,(H,18,19,22,23)/t11-,14+/m0/s1. The number of hydrogen-bond donors (Lipinski definition) is 2. The number of aliphatic hydroxyl groups is 1. The smallest absolute Gasteiger partial charge is 0.352 e. The van der Waals surface area contributed by atoms with Gasteiger partial charge in [-0.1, -0.05) is 32.3 Å². The molecule has 0 unspecified atom stereocenters. The number of carbonyl (C=O) groups is 1. The molecule has 0 saturated carbocycles. The van der Waals surface area contributed by atoms with E-state index in [1.165, 1.54) is 6.08 Å². The zero-order valence-corrected chi connectivity index (χ0v) is 13.6. The number of unbranched alkanes of at least 4 members (excludes halogenated alkanes) is 3. The predicted octanol–water partition coefficient (Wildman–Crippen LogP) is 1.74. The molecule has 0 saturated heterocycles. The van der Waals surface area contributed by atoms with Crippen LogP contribution in [0.3, 0.4) is 0 Å². The molecule has 0 fully saturated rings. The Morgan fingerprint density at radius 2 is 2.21 bits per heavy atom. The number of aliphatic hydroxyl groups excluding tert-OH is 1. The minimum Gasteiger partial charge on any atom is -0.393 e. The Bertz CT molecular complexity index is 659. The van der Waals surface area contributed by atoms with Crippen LogP contribution in [0.1, 0.15) is 45.3 Å². The summed E-state index contributed by atoms with van der Waals surface area (Å²) in [6, 6.07) is 0. The van der Waals surface area contributed by atoms with E-state index in [9.17, 15) is 14.0 Å². The molecule has 2 heterocycles. The van der Waals surface area contributed by atoms with Gasteiger partial charge in [0.1, 0.15) is 6.10 Å². The van der Waals surface area contributed by atoms with Crippen LogP contribution in [0.25, 0.3) is 0 Å². The average molecular weight is 339 g/mol. The molecular weight excluding hydrogens is 317 g/mol. The van der Waals surface area contributed by atoms with Gasteiger partial charge in [0.25, 0.3) is 0 Å². The van der Waals surface area contributed by atoms with Gasteiger partial charge in [-0.3, -0.25) is 9.36 Å². The molecule has 2 N–H and O–H groups in total. The SMILES string of the molecule is CCCCCCC(=O)Nc1nc(=O)n([C@H]2C=C[C@@H](CO)O2)cc1F. The second-order valence-corrected chi connectivity index (χ2v) is 5.62. The topological polar surface area (TPSA) is 93.5 Å². The second kappa shape index (κ2) is 8.70. The minimum atomic E-state index is -0.824. The van der Waals surface area contributed by atoms with Crippen molar-refractivity contribution in [2.24, 2.45) is 0 Å². The monoisotopic (exact) mass is 339 g/mol. The molecule has 7 nitrogen and oxygen atoms in total. The summed E-state index contributed by atoms with van der Waals surface area (Å²) in [4.78, 5) is 27.4. The van der Waals surface area contributed by atoms with Crippen LogP contribution in [0.15, 0.2) is 23.1 Å². The molecule has 0 radical (unpaired) electrons. The molecule has 1 aromatic heterocycles. The van der Waals surface area contributed by atoms with E-state index in [0.717, 1.165) is 30.0 Å². The number of nitrogens with one attached hydrogen (secondary N) is 1. The predicted molar refractivity (Wildman–Crippen MR) is 86.0 cm³/mol. The van der Waals surface area contributed by atoms with E-state index in [1.54, 1.807) is 6.08 Å². The van der Waals surface area contributed by atoms with E-state index in [0.29, 0.717) is 6.42 Å². The molecule has 1 aliphatic heterocycles. The highest BCUT2D eigenvalue weighted by molar-refractivity contribution is 5.89. The van der Waals surface area contributed by atoms with Gasteiger partial charge in [-0.15, -0.1) is 0 Å². The number of anilines is 1. The van der Waals surface area contributed by atoms with Crippen molar-refractivity contribution in [1.29, 1.82) is 0 Å². The third-order valence-corrected chi connectivity index (χ3v) is 3.68. The summed E-state index contributed by atoms with van der Waals surface area (Å²) < 4.78 is 20.4. The first-order valence-electron chi connectivity index (χ1n) is 8.08. The molecule has 0 aromatic carbocycles. The normalized spacial score (nSPS) is 19.6. The average Bonchev–Trinajstić information content (AvgIpc) is 3.03. The van der Waals surface area contributed by atoms with Gasteiger partial charge in [0.2, 0.25) is 5.91 Å². The summed E-state index contributed by atoms with van der Waals surface area (Å²) >= 11 is 0. The van der Waals surface area contributed by atoms with Crippen molar-refractivity contribution in [1.82, 2.24) is 9.55 Å². The number of amides is 1. The first-order valence-corrected chi connectivity index (χ1v) is 8.08. The Balaban J connectivity index is 2.01. The third kappa shape index (κ3) is 4.72. The summed E-state index contributed by atoms with van der Waals surface area (Å²) in [5.41, 5.74) is -0.745. The Hall–Kier alpha value is -2.06. The summed E-state index contributed by atoms with van der Waals surface area (Å²) in [5.74, 6) is -1.56. The Morgan fingerprint density at radius 1 is 1.42 bits per heavy atom. The molecule has 0 aliphatic carbocycles. The molecule has 132 valence electrons. The lowest BCUT2D eigenvalue weighted by atomic mass is 10.1. The number of nitrogens with zero attached hydrogens (tertiary/aromatic N) is 2. The van der Waals surface area contributed by atoms with Crippen LogP contribution in [0.4, 0.5) is 10.2 Å². The van der Waals surface area contributed by atoms with Gasteiger partial charge in [-0.05, 0) is 12.5 Å². The molecule has 8 heteroatoms. The van der Waals surface area contributed by atoms with E-state index in [2.05, 4.69) is 17.2 Å². The van der Waals surface area contributed by atoms with E-state index in [-0.39, 0.29) is 24.8 Å². The fourth-order valence-electron chi connectivity index (χ4n) is 2.37.